The van der Waals surface area contributed by atoms with Gasteiger partial charge in [0.1, 0.15) is 23.2 Å². The molecule has 2 N–H and O–H groups in total. The predicted molar refractivity (Wildman–Crippen MR) is 107 cm³/mol. The van der Waals surface area contributed by atoms with Crippen LogP contribution in [0.25, 0.3) is 17.1 Å². The molecule has 0 saturated carbocycles. The van der Waals surface area contributed by atoms with Crippen molar-refractivity contribution in [2.24, 2.45) is 5.73 Å². The second-order valence-corrected chi connectivity index (χ2v) is 6.77. The highest BCUT2D eigenvalue weighted by Crippen LogP contribution is 2.47. The zero-order chi connectivity index (χ0) is 20.7. The number of furan rings is 1. The molecule has 4 aromatic rings. The maximum Gasteiger partial charge on any atom is 0.229 e. The molecule has 5 rings (SSSR count). The number of nitrogens with zero attached hydrogens (tertiary/aromatic N) is 3. The van der Waals surface area contributed by atoms with Crippen molar-refractivity contribution in [1.82, 2.24) is 9.78 Å². The van der Waals surface area contributed by atoms with Crippen LogP contribution in [-0.4, -0.2) is 9.78 Å². The van der Waals surface area contributed by atoms with E-state index in [1.54, 1.807) is 35.2 Å². The average Bonchev–Trinajstić information content (AvgIpc) is 3.41. The summed E-state index contributed by atoms with van der Waals surface area (Å²) in [7, 11) is 0. The first kappa shape index (κ1) is 17.8. The monoisotopic (exact) mass is 398 g/mol. The van der Waals surface area contributed by atoms with Crippen molar-refractivity contribution in [3.8, 4) is 29.1 Å². The van der Waals surface area contributed by atoms with Gasteiger partial charge < -0.3 is 14.9 Å². The number of aromatic nitrogens is 2. The molecule has 2 aromatic heterocycles. The Bertz CT molecular complexity index is 1300. The summed E-state index contributed by atoms with van der Waals surface area (Å²) in [5, 5.41) is 14.5. The van der Waals surface area contributed by atoms with Crippen LogP contribution >= 0.6 is 0 Å². The van der Waals surface area contributed by atoms with Crippen LogP contribution in [0.1, 0.15) is 17.0 Å². The molecule has 146 valence electrons. The first-order valence-electron chi connectivity index (χ1n) is 9.22. The van der Waals surface area contributed by atoms with Gasteiger partial charge in [0, 0.05) is 0 Å². The van der Waals surface area contributed by atoms with Gasteiger partial charge in [0.15, 0.2) is 5.76 Å². The lowest BCUT2D eigenvalue weighted by molar-refractivity contribution is 0.367. The Balaban J connectivity index is 1.83. The van der Waals surface area contributed by atoms with Gasteiger partial charge >= 0.3 is 0 Å². The largest absolute Gasteiger partial charge is 0.463 e. The Kier molecular flexibility index (Phi) is 4.11. The number of hydrogen-bond acceptors (Lipinski definition) is 5. The fourth-order valence-electron chi connectivity index (χ4n) is 3.70. The third-order valence-corrected chi connectivity index (χ3v) is 4.99. The van der Waals surface area contributed by atoms with E-state index in [1.165, 1.54) is 12.1 Å². The normalized spacial score (nSPS) is 15.4. The summed E-state index contributed by atoms with van der Waals surface area (Å²) in [6.45, 7) is 0. The Labute approximate surface area is 171 Å². The topological polar surface area (TPSA) is 90.0 Å². The smallest absolute Gasteiger partial charge is 0.229 e. The van der Waals surface area contributed by atoms with Crippen LogP contribution in [0.3, 0.4) is 0 Å². The van der Waals surface area contributed by atoms with E-state index in [0.717, 1.165) is 5.69 Å². The number of rotatable bonds is 3. The number of benzene rings is 2. The molecule has 0 bridgehead atoms. The van der Waals surface area contributed by atoms with Crippen LogP contribution < -0.4 is 10.5 Å². The molecule has 1 atom stereocenters. The number of para-hydroxylation sites is 1. The first-order chi connectivity index (χ1) is 14.7. The molecule has 1 aliphatic heterocycles. The highest BCUT2D eigenvalue weighted by molar-refractivity contribution is 5.69. The molecule has 30 heavy (non-hydrogen) atoms. The number of hydrogen-bond donors (Lipinski definition) is 1. The molecule has 3 heterocycles. The molecule has 0 aliphatic carbocycles. The molecule has 0 saturated heterocycles. The standard InChI is InChI=1S/C23H15FN4O2/c24-15-7-4-6-14(12-15)19-17(13-25)22(26)30-23-20(19)21(18-10-5-11-29-18)27-28(23)16-8-2-1-3-9-16/h1-12,19H,26H2. The second-order valence-electron chi connectivity index (χ2n) is 6.77. The summed E-state index contributed by atoms with van der Waals surface area (Å²) in [4.78, 5) is 0. The van der Waals surface area contributed by atoms with Crippen LogP contribution in [0.5, 0.6) is 5.88 Å². The van der Waals surface area contributed by atoms with Crippen molar-refractivity contribution in [3.63, 3.8) is 0 Å². The summed E-state index contributed by atoms with van der Waals surface area (Å²) in [6, 6.07) is 21.1. The van der Waals surface area contributed by atoms with Crippen molar-refractivity contribution >= 4 is 0 Å². The Morgan fingerprint density at radius 3 is 2.60 bits per heavy atom. The van der Waals surface area contributed by atoms with Gasteiger partial charge in [-0.25, -0.2) is 4.39 Å². The molecule has 1 aliphatic rings. The van der Waals surface area contributed by atoms with Crippen LogP contribution in [-0.2, 0) is 0 Å². The molecule has 2 aromatic carbocycles. The van der Waals surface area contributed by atoms with E-state index in [9.17, 15) is 9.65 Å². The number of ether oxygens (including phenoxy) is 1. The molecule has 0 radical (unpaired) electrons. The quantitative estimate of drug-likeness (QED) is 0.549. The van der Waals surface area contributed by atoms with Crippen LogP contribution in [0.4, 0.5) is 4.39 Å². The van der Waals surface area contributed by atoms with Crippen molar-refractivity contribution in [3.05, 3.63) is 101 Å². The number of fused-ring (bicyclic) bond motifs is 1. The molecule has 6 nitrogen and oxygen atoms in total. The van der Waals surface area contributed by atoms with Gasteiger partial charge in [-0.15, -0.1) is 0 Å². The molecule has 0 fully saturated rings. The van der Waals surface area contributed by atoms with E-state index < -0.39 is 11.7 Å². The summed E-state index contributed by atoms with van der Waals surface area (Å²) in [6.07, 6.45) is 1.54. The summed E-state index contributed by atoms with van der Waals surface area (Å²) < 4.78 is 27.2. The maximum absolute atomic E-state index is 14.1. The van der Waals surface area contributed by atoms with E-state index in [1.807, 2.05) is 30.3 Å². The van der Waals surface area contributed by atoms with Gasteiger partial charge in [0.2, 0.25) is 11.8 Å². The van der Waals surface area contributed by atoms with Crippen molar-refractivity contribution in [2.45, 2.75) is 5.92 Å². The fraction of sp³-hybridized carbons (Fsp3) is 0.0435. The first-order valence-corrected chi connectivity index (χ1v) is 9.22. The Morgan fingerprint density at radius 2 is 1.90 bits per heavy atom. The average molecular weight is 398 g/mol. The lowest BCUT2D eigenvalue weighted by atomic mass is 9.83. The minimum absolute atomic E-state index is 0.0395. The molecule has 0 spiro atoms. The Morgan fingerprint density at radius 1 is 1.07 bits per heavy atom. The van der Waals surface area contributed by atoms with E-state index in [2.05, 4.69) is 6.07 Å². The highest BCUT2D eigenvalue weighted by atomic mass is 19.1. The van der Waals surface area contributed by atoms with Gasteiger partial charge in [0.05, 0.1) is 23.4 Å². The maximum atomic E-state index is 14.1. The summed E-state index contributed by atoms with van der Waals surface area (Å²) >= 11 is 0. The van der Waals surface area contributed by atoms with E-state index in [4.69, 9.17) is 20.0 Å². The van der Waals surface area contributed by atoms with Crippen LogP contribution in [0.15, 0.2) is 88.9 Å². The summed E-state index contributed by atoms with van der Waals surface area (Å²) in [5.41, 5.74) is 8.71. The predicted octanol–water partition coefficient (Wildman–Crippen LogP) is 4.49. The van der Waals surface area contributed by atoms with Crippen LogP contribution in [0, 0.1) is 17.1 Å². The third-order valence-electron chi connectivity index (χ3n) is 4.99. The molecular weight excluding hydrogens is 383 g/mol. The number of allylic oxidation sites excluding steroid dienone is 1. The van der Waals surface area contributed by atoms with Gasteiger partial charge in [-0.2, -0.15) is 15.0 Å². The van der Waals surface area contributed by atoms with Gasteiger partial charge in [-0.05, 0) is 42.0 Å². The third kappa shape index (κ3) is 2.74. The van der Waals surface area contributed by atoms with Crippen molar-refractivity contribution in [1.29, 1.82) is 5.26 Å². The fourth-order valence-corrected chi connectivity index (χ4v) is 3.70. The number of nitriles is 1. The SMILES string of the molecule is N#CC1=C(N)Oc2c(c(-c3ccco3)nn2-c2ccccc2)C1c1cccc(F)c1. The lowest BCUT2D eigenvalue weighted by Crippen LogP contribution is -2.22. The molecule has 1 unspecified atom stereocenters. The lowest BCUT2D eigenvalue weighted by Gasteiger charge is -2.25. The van der Waals surface area contributed by atoms with E-state index in [0.29, 0.717) is 28.5 Å². The second kappa shape index (κ2) is 6.94. The van der Waals surface area contributed by atoms with Crippen molar-refractivity contribution < 1.29 is 13.5 Å². The number of halogens is 1. The molecule has 0 amide bonds. The zero-order valence-corrected chi connectivity index (χ0v) is 15.6. The van der Waals surface area contributed by atoms with Gasteiger partial charge in [-0.1, -0.05) is 30.3 Å². The van der Waals surface area contributed by atoms with E-state index in [-0.39, 0.29) is 11.5 Å². The highest BCUT2D eigenvalue weighted by Gasteiger charge is 2.38. The summed E-state index contributed by atoms with van der Waals surface area (Å²) in [5.74, 6) is -0.247. The number of nitrogens with two attached hydrogens (primary N) is 1. The van der Waals surface area contributed by atoms with Gasteiger partial charge in [-0.3, -0.25) is 0 Å². The minimum atomic E-state index is -0.660. The molecular formula is C23H15FN4O2. The van der Waals surface area contributed by atoms with Crippen molar-refractivity contribution in [2.75, 3.05) is 0 Å². The Hall–Kier alpha value is -4.31. The van der Waals surface area contributed by atoms with E-state index >= 15 is 0 Å². The van der Waals surface area contributed by atoms with Gasteiger partial charge in [0.25, 0.3) is 0 Å². The zero-order valence-electron chi connectivity index (χ0n) is 15.6. The van der Waals surface area contributed by atoms with Crippen LogP contribution in [0.2, 0.25) is 0 Å². The molecule has 7 heteroatoms. The minimum Gasteiger partial charge on any atom is -0.463 e.